The van der Waals surface area contributed by atoms with Gasteiger partial charge in [0.25, 0.3) is 0 Å². The van der Waals surface area contributed by atoms with Gasteiger partial charge in [-0.3, -0.25) is 0 Å². The molecule has 0 bridgehead atoms. The van der Waals surface area contributed by atoms with Crippen molar-refractivity contribution in [2.75, 3.05) is 6.16 Å². The van der Waals surface area contributed by atoms with Gasteiger partial charge in [-0.2, -0.15) is 0 Å². The summed E-state index contributed by atoms with van der Waals surface area (Å²) in [6, 6.07) is 10.8. The monoisotopic (exact) mass is 551 g/mol. The molecule has 0 radical (unpaired) electrons. The summed E-state index contributed by atoms with van der Waals surface area (Å²) in [5.41, 5.74) is 3.74. The second-order valence-corrected chi connectivity index (χ2v) is 20.1. The number of halogens is 1. The Morgan fingerprint density at radius 1 is 1.22 bits per heavy atom. The van der Waals surface area contributed by atoms with E-state index in [0.29, 0.717) is 0 Å². The van der Waals surface area contributed by atoms with Gasteiger partial charge in [-0.1, -0.05) is 78.2 Å². The van der Waals surface area contributed by atoms with Crippen molar-refractivity contribution in [1.82, 2.24) is 4.98 Å². The van der Waals surface area contributed by atoms with E-state index in [2.05, 4.69) is 123 Å². The van der Waals surface area contributed by atoms with Crippen LogP contribution in [0.15, 0.2) is 52.9 Å². The Bertz CT molecular complexity index is 917. The standard InChI is InChI=1S/C26H39BrNOPSSi/c1-20(16-17-30(27)24-12-10-9-11-13-24)14-15-25(29-32(7,8)26(4,5)6)21(2)18-23-19-31-22(3)28-23/h9-14,18-19,25H,15-17H2,1-8H3/b20-14-,21-18+/t25-,30?/m1/s1. The summed E-state index contributed by atoms with van der Waals surface area (Å²) in [5, 5.41) is 4.83. The quantitative estimate of drug-likeness (QED) is 0.167. The number of aromatic nitrogens is 1. The molecule has 1 aromatic carbocycles. The zero-order valence-electron chi connectivity index (χ0n) is 20.9. The molecule has 1 aromatic heterocycles. The average Bonchev–Trinajstić information content (AvgIpc) is 3.13. The van der Waals surface area contributed by atoms with Crippen molar-refractivity contribution >= 4 is 53.1 Å². The second-order valence-electron chi connectivity index (χ2n) is 10.0. The van der Waals surface area contributed by atoms with Gasteiger partial charge in [0.15, 0.2) is 8.32 Å². The molecule has 1 heterocycles. The van der Waals surface area contributed by atoms with Crippen molar-refractivity contribution < 1.29 is 4.43 Å². The van der Waals surface area contributed by atoms with Crippen LogP contribution in [-0.2, 0) is 4.43 Å². The fraction of sp³-hybridized carbons (Fsp3) is 0.500. The van der Waals surface area contributed by atoms with E-state index in [9.17, 15) is 0 Å². The molecule has 2 atom stereocenters. The van der Waals surface area contributed by atoms with Crippen molar-refractivity contribution in [2.24, 2.45) is 0 Å². The summed E-state index contributed by atoms with van der Waals surface area (Å²) < 4.78 is 6.88. The summed E-state index contributed by atoms with van der Waals surface area (Å²) in [6.07, 6.45) is 7.86. The third kappa shape index (κ3) is 8.65. The van der Waals surface area contributed by atoms with Gasteiger partial charge in [-0.25, -0.2) is 4.98 Å². The van der Waals surface area contributed by atoms with Crippen LogP contribution in [0.1, 0.15) is 58.2 Å². The molecule has 0 amide bonds. The molecule has 2 rings (SSSR count). The van der Waals surface area contributed by atoms with E-state index in [1.54, 1.807) is 11.3 Å². The fourth-order valence-electron chi connectivity index (χ4n) is 3.04. The topological polar surface area (TPSA) is 22.1 Å². The lowest BCUT2D eigenvalue weighted by molar-refractivity contribution is 0.217. The Balaban J connectivity index is 2.11. The summed E-state index contributed by atoms with van der Waals surface area (Å²) in [6.45, 7) is 17.8. The minimum atomic E-state index is -1.89. The summed E-state index contributed by atoms with van der Waals surface area (Å²) in [5.74, 6) is 0. The second kappa shape index (κ2) is 12.2. The third-order valence-corrected chi connectivity index (χ3v) is 15.2. The summed E-state index contributed by atoms with van der Waals surface area (Å²) in [7, 11) is -1.89. The normalized spacial score (nSPS) is 15.7. The first-order valence-corrected chi connectivity index (χ1v) is 18.6. The van der Waals surface area contributed by atoms with E-state index in [4.69, 9.17) is 4.43 Å². The number of thiazole rings is 1. The van der Waals surface area contributed by atoms with Crippen molar-refractivity contribution in [2.45, 2.75) is 78.6 Å². The number of benzene rings is 1. The molecule has 0 spiro atoms. The third-order valence-electron chi connectivity index (χ3n) is 6.18. The van der Waals surface area contributed by atoms with Crippen LogP contribution in [0.4, 0.5) is 0 Å². The van der Waals surface area contributed by atoms with E-state index >= 15 is 0 Å². The predicted octanol–water partition coefficient (Wildman–Crippen LogP) is 9.09. The Morgan fingerprint density at radius 3 is 2.44 bits per heavy atom. The van der Waals surface area contributed by atoms with Gasteiger partial charge in [-0.05, 0) is 81.5 Å². The number of rotatable bonds is 10. The molecule has 0 aliphatic carbocycles. The van der Waals surface area contributed by atoms with Gasteiger partial charge in [0, 0.05) is 5.38 Å². The maximum absolute atomic E-state index is 6.88. The van der Waals surface area contributed by atoms with Crippen LogP contribution in [-0.4, -0.2) is 25.6 Å². The van der Waals surface area contributed by atoms with E-state index in [0.717, 1.165) is 29.7 Å². The molecule has 0 aliphatic heterocycles. The molecular weight excluding hydrogens is 513 g/mol. The maximum Gasteiger partial charge on any atom is 0.192 e. The lowest BCUT2D eigenvalue weighted by Gasteiger charge is -2.39. The highest BCUT2D eigenvalue weighted by Gasteiger charge is 2.39. The predicted molar refractivity (Wildman–Crippen MR) is 152 cm³/mol. The van der Waals surface area contributed by atoms with Gasteiger partial charge in [0.2, 0.25) is 0 Å². The first-order chi connectivity index (χ1) is 14.9. The Kier molecular flexibility index (Phi) is 10.6. The number of hydrogen-bond donors (Lipinski definition) is 0. The Hall–Kier alpha value is -0.583. The van der Waals surface area contributed by atoms with Crippen LogP contribution >= 0.6 is 33.4 Å². The van der Waals surface area contributed by atoms with Gasteiger partial charge in [-0.15, -0.1) is 11.3 Å². The SMILES string of the molecule is C/C(=C/C[C@@H](O[Si](C)(C)C(C)(C)C)/C(C)=C/c1csc(C)n1)CCP(Br)c1ccccc1. The smallest absolute Gasteiger partial charge is 0.192 e. The summed E-state index contributed by atoms with van der Waals surface area (Å²) in [4.78, 5) is 4.63. The maximum atomic E-state index is 6.88. The highest BCUT2D eigenvalue weighted by molar-refractivity contribution is 9.40. The van der Waals surface area contributed by atoms with E-state index in [1.807, 2.05) is 0 Å². The van der Waals surface area contributed by atoms with Crippen molar-refractivity contribution in [3.05, 3.63) is 63.6 Å². The molecule has 2 nitrogen and oxygen atoms in total. The van der Waals surface area contributed by atoms with Crippen molar-refractivity contribution in [3.63, 3.8) is 0 Å². The molecule has 1 unspecified atom stereocenters. The molecule has 0 N–H and O–H groups in total. The number of hydrogen-bond acceptors (Lipinski definition) is 3. The highest BCUT2D eigenvalue weighted by Crippen LogP contribution is 2.44. The molecule has 0 saturated heterocycles. The summed E-state index contributed by atoms with van der Waals surface area (Å²) >= 11 is 5.62. The van der Waals surface area contributed by atoms with Gasteiger partial charge in [0.05, 0.1) is 16.8 Å². The molecule has 0 fully saturated rings. The number of allylic oxidation sites excluding steroid dienone is 1. The number of aryl methyl sites for hydroxylation is 1. The van der Waals surface area contributed by atoms with E-state index in [-0.39, 0.29) is 17.8 Å². The number of nitrogens with zero attached hydrogens (tertiary/aromatic N) is 1. The first-order valence-electron chi connectivity index (χ1n) is 11.3. The largest absolute Gasteiger partial charge is 0.410 e. The molecule has 0 saturated carbocycles. The average molecular weight is 553 g/mol. The minimum Gasteiger partial charge on any atom is -0.410 e. The van der Waals surface area contributed by atoms with Crippen LogP contribution in [0.2, 0.25) is 18.1 Å². The van der Waals surface area contributed by atoms with Crippen molar-refractivity contribution in [3.8, 4) is 0 Å². The molecule has 2 aromatic rings. The van der Waals surface area contributed by atoms with Crippen molar-refractivity contribution in [1.29, 1.82) is 0 Å². The van der Waals surface area contributed by atoms with Gasteiger partial charge in [0.1, 0.15) is 0 Å². The van der Waals surface area contributed by atoms with Crippen LogP contribution in [0.25, 0.3) is 6.08 Å². The fourth-order valence-corrected chi connectivity index (χ4v) is 7.50. The van der Waals surface area contributed by atoms with E-state index in [1.165, 1.54) is 16.5 Å². The molecular formula is C26H39BrNOPSSi. The van der Waals surface area contributed by atoms with E-state index < -0.39 is 8.32 Å². The van der Waals surface area contributed by atoms with Crippen LogP contribution in [0.3, 0.4) is 0 Å². The van der Waals surface area contributed by atoms with Gasteiger partial charge >= 0.3 is 0 Å². The first kappa shape index (κ1) is 27.7. The highest BCUT2D eigenvalue weighted by atomic mass is 79.9. The zero-order chi connectivity index (χ0) is 23.9. The van der Waals surface area contributed by atoms with Crippen LogP contribution in [0.5, 0.6) is 0 Å². The van der Waals surface area contributed by atoms with Crippen LogP contribution < -0.4 is 5.30 Å². The lowest BCUT2D eigenvalue weighted by atomic mass is 10.1. The minimum absolute atomic E-state index is 0.0902. The lowest BCUT2D eigenvalue weighted by Crippen LogP contribution is -2.44. The van der Waals surface area contributed by atoms with Crippen LogP contribution in [0, 0.1) is 6.92 Å². The molecule has 0 aliphatic rings. The zero-order valence-corrected chi connectivity index (χ0v) is 25.2. The molecule has 176 valence electrons. The Labute approximate surface area is 210 Å². The Morgan fingerprint density at radius 2 is 1.88 bits per heavy atom. The molecule has 32 heavy (non-hydrogen) atoms. The molecule has 6 heteroatoms. The van der Waals surface area contributed by atoms with Gasteiger partial charge < -0.3 is 4.43 Å².